The maximum Gasteiger partial charge on any atom is 0.246 e. The number of H-pyrrole nitrogens is 1. The number of imidazole rings is 1. The molecular formula is C17H19FN6O2. The zero-order valence-electron chi connectivity index (χ0n) is 14.3. The van der Waals surface area contributed by atoms with Crippen molar-refractivity contribution < 1.29 is 13.9 Å². The Labute approximate surface area is 148 Å². The maximum absolute atomic E-state index is 13.2. The number of ether oxygens (including phenoxy) is 1. The Bertz CT molecular complexity index is 932. The summed E-state index contributed by atoms with van der Waals surface area (Å²) >= 11 is 0. The molecule has 0 radical (unpaired) electrons. The van der Waals surface area contributed by atoms with Gasteiger partial charge in [-0.1, -0.05) is 0 Å². The minimum absolute atomic E-state index is 0.0908. The van der Waals surface area contributed by atoms with Crippen LogP contribution >= 0.6 is 0 Å². The van der Waals surface area contributed by atoms with Crippen LogP contribution in [0.5, 0.6) is 0 Å². The van der Waals surface area contributed by atoms with E-state index in [0.29, 0.717) is 22.8 Å². The molecule has 1 amide bonds. The Kier molecular flexibility index (Phi) is 4.37. The fourth-order valence-electron chi connectivity index (χ4n) is 2.97. The van der Waals surface area contributed by atoms with E-state index in [1.54, 1.807) is 10.7 Å². The second-order valence-corrected chi connectivity index (χ2v) is 6.46. The lowest BCUT2D eigenvalue weighted by atomic mass is 10.1. The average molecular weight is 358 g/mol. The summed E-state index contributed by atoms with van der Waals surface area (Å²) in [4.78, 5) is 23.7. The number of nitrogens with zero attached hydrogens (tertiary/aromatic N) is 4. The molecule has 4 rings (SSSR count). The summed E-state index contributed by atoms with van der Waals surface area (Å²) in [6.45, 7) is 0.0499. The Morgan fingerprint density at radius 2 is 2.35 bits per heavy atom. The molecule has 1 aliphatic carbocycles. The third kappa shape index (κ3) is 3.57. The van der Waals surface area contributed by atoms with E-state index < -0.39 is 0 Å². The number of fused-ring (bicyclic) bond motifs is 1. The average Bonchev–Trinajstić information content (AvgIpc) is 3.24. The lowest BCUT2D eigenvalue weighted by molar-refractivity contribution is -0.127. The van der Waals surface area contributed by atoms with Crippen LogP contribution in [0.4, 0.5) is 4.39 Å². The lowest BCUT2D eigenvalue weighted by Crippen LogP contribution is -2.34. The number of aromatic nitrogens is 5. The highest BCUT2D eigenvalue weighted by atomic mass is 19.1. The maximum atomic E-state index is 13.2. The molecule has 1 atom stereocenters. The molecule has 2 aromatic heterocycles. The molecule has 0 bridgehead atoms. The zero-order valence-corrected chi connectivity index (χ0v) is 14.3. The van der Waals surface area contributed by atoms with Crippen molar-refractivity contribution >= 4 is 16.9 Å². The van der Waals surface area contributed by atoms with Crippen LogP contribution in [0, 0.1) is 11.7 Å². The Balaban J connectivity index is 1.32. The fourth-order valence-corrected chi connectivity index (χ4v) is 2.97. The highest BCUT2D eigenvalue weighted by Crippen LogP contribution is 2.40. The number of benzene rings is 1. The summed E-state index contributed by atoms with van der Waals surface area (Å²) in [7, 11) is 1.81. The van der Waals surface area contributed by atoms with Crippen molar-refractivity contribution in [3.05, 3.63) is 42.0 Å². The van der Waals surface area contributed by atoms with E-state index in [0.717, 1.165) is 18.7 Å². The van der Waals surface area contributed by atoms with Crippen LogP contribution in [0.1, 0.15) is 30.5 Å². The molecule has 2 heterocycles. The van der Waals surface area contributed by atoms with Gasteiger partial charge in [0.25, 0.3) is 0 Å². The highest BCUT2D eigenvalue weighted by molar-refractivity contribution is 5.77. The number of carbonyl (C=O) groups is 1. The molecule has 2 N–H and O–H groups in total. The van der Waals surface area contributed by atoms with Crippen molar-refractivity contribution in [3.63, 3.8) is 0 Å². The Morgan fingerprint density at radius 3 is 3.08 bits per heavy atom. The van der Waals surface area contributed by atoms with Crippen molar-refractivity contribution in [1.29, 1.82) is 0 Å². The Hall–Kier alpha value is -2.81. The quantitative estimate of drug-likeness (QED) is 0.669. The summed E-state index contributed by atoms with van der Waals surface area (Å²) < 4.78 is 20.3. The predicted molar refractivity (Wildman–Crippen MR) is 90.3 cm³/mol. The van der Waals surface area contributed by atoms with Crippen LogP contribution in [0.2, 0.25) is 0 Å². The topological polar surface area (TPSA) is 97.7 Å². The predicted octanol–water partition coefficient (Wildman–Crippen LogP) is 1.61. The van der Waals surface area contributed by atoms with Gasteiger partial charge in [-0.05, 0) is 37.0 Å². The SMILES string of the molecule is Cn1ncnc1C(NC(=O)COCc1nc2ccc(F)cc2[nH]1)C1CC1. The molecule has 3 aromatic rings. The molecule has 8 nitrogen and oxygen atoms in total. The van der Waals surface area contributed by atoms with Crippen molar-refractivity contribution in [2.45, 2.75) is 25.5 Å². The monoisotopic (exact) mass is 358 g/mol. The molecule has 1 saturated carbocycles. The van der Waals surface area contributed by atoms with E-state index in [-0.39, 0.29) is 31.0 Å². The van der Waals surface area contributed by atoms with Crippen LogP contribution in [0.25, 0.3) is 11.0 Å². The first-order valence-electron chi connectivity index (χ1n) is 8.45. The van der Waals surface area contributed by atoms with Gasteiger partial charge in [0.1, 0.15) is 37.0 Å². The number of halogens is 1. The molecular weight excluding hydrogens is 339 g/mol. The molecule has 0 aliphatic heterocycles. The van der Waals surface area contributed by atoms with E-state index in [1.807, 2.05) is 7.05 Å². The van der Waals surface area contributed by atoms with Crippen molar-refractivity contribution in [3.8, 4) is 0 Å². The molecule has 1 unspecified atom stereocenters. The van der Waals surface area contributed by atoms with Crippen molar-refractivity contribution in [2.75, 3.05) is 6.61 Å². The lowest BCUT2D eigenvalue weighted by Gasteiger charge is -2.17. The summed E-state index contributed by atoms with van der Waals surface area (Å²) in [5, 5.41) is 7.04. The second kappa shape index (κ2) is 6.83. The number of amides is 1. The highest BCUT2D eigenvalue weighted by Gasteiger charge is 2.36. The third-order valence-corrected chi connectivity index (χ3v) is 4.40. The molecule has 0 saturated heterocycles. The smallest absolute Gasteiger partial charge is 0.246 e. The first-order chi connectivity index (χ1) is 12.6. The largest absolute Gasteiger partial charge is 0.364 e. The molecule has 1 fully saturated rings. The number of aromatic amines is 1. The number of rotatable bonds is 7. The van der Waals surface area contributed by atoms with Gasteiger partial charge in [-0.3, -0.25) is 9.48 Å². The normalized spacial score (nSPS) is 15.3. The molecule has 9 heteroatoms. The minimum Gasteiger partial charge on any atom is -0.364 e. The van der Waals surface area contributed by atoms with Crippen LogP contribution in [0.15, 0.2) is 24.5 Å². The molecule has 136 valence electrons. The van der Waals surface area contributed by atoms with E-state index in [9.17, 15) is 9.18 Å². The van der Waals surface area contributed by atoms with Gasteiger partial charge in [0, 0.05) is 7.05 Å². The third-order valence-electron chi connectivity index (χ3n) is 4.40. The van der Waals surface area contributed by atoms with Gasteiger partial charge in [0.05, 0.1) is 17.1 Å². The molecule has 1 aromatic carbocycles. The first-order valence-corrected chi connectivity index (χ1v) is 8.45. The summed E-state index contributed by atoms with van der Waals surface area (Å²) in [6, 6.07) is 4.18. The van der Waals surface area contributed by atoms with E-state index >= 15 is 0 Å². The number of hydrogen-bond acceptors (Lipinski definition) is 5. The Morgan fingerprint density at radius 1 is 1.50 bits per heavy atom. The van der Waals surface area contributed by atoms with E-state index in [1.165, 1.54) is 18.5 Å². The van der Waals surface area contributed by atoms with Gasteiger partial charge in [-0.2, -0.15) is 5.10 Å². The first kappa shape index (κ1) is 16.6. The van der Waals surface area contributed by atoms with Gasteiger partial charge >= 0.3 is 0 Å². The van der Waals surface area contributed by atoms with Crippen LogP contribution in [-0.2, 0) is 23.2 Å². The fraction of sp³-hybridized carbons (Fsp3) is 0.412. The van der Waals surface area contributed by atoms with E-state index in [4.69, 9.17) is 4.74 Å². The summed E-state index contributed by atoms with van der Waals surface area (Å²) in [6.07, 6.45) is 3.61. The standard InChI is InChI=1S/C17H19FN6O2/c1-24-17(19-9-20-24)16(10-2-3-10)23-15(25)8-26-7-14-21-12-5-4-11(18)6-13(12)22-14/h4-6,9-10,16H,2-3,7-8H2,1H3,(H,21,22)(H,23,25). The molecule has 26 heavy (non-hydrogen) atoms. The summed E-state index contributed by atoms with van der Waals surface area (Å²) in [5.74, 6) is 1.15. The van der Waals surface area contributed by atoms with Gasteiger partial charge in [-0.15, -0.1) is 0 Å². The van der Waals surface area contributed by atoms with Gasteiger partial charge in [-0.25, -0.2) is 14.4 Å². The zero-order chi connectivity index (χ0) is 18.1. The van der Waals surface area contributed by atoms with Crippen LogP contribution in [-0.4, -0.2) is 37.2 Å². The van der Waals surface area contributed by atoms with Gasteiger partial charge < -0.3 is 15.0 Å². The van der Waals surface area contributed by atoms with Gasteiger partial charge in [0.15, 0.2) is 0 Å². The second-order valence-electron chi connectivity index (χ2n) is 6.46. The van der Waals surface area contributed by atoms with Crippen molar-refractivity contribution in [1.82, 2.24) is 30.0 Å². The van der Waals surface area contributed by atoms with Crippen LogP contribution in [0.3, 0.4) is 0 Å². The summed E-state index contributed by atoms with van der Waals surface area (Å²) in [5.41, 5.74) is 1.26. The van der Waals surface area contributed by atoms with E-state index in [2.05, 4.69) is 25.4 Å². The molecule has 0 spiro atoms. The number of aryl methyl sites for hydroxylation is 1. The number of carbonyl (C=O) groups excluding carboxylic acids is 1. The minimum atomic E-state index is -0.331. The van der Waals surface area contributed by atoms with Gasteiger partial charge in [0.2, 0.25) is 5.91 Å². The van der Waals surface area contributed by atoms with Crippen molar-refractivity contribution in [2.24, 2.45) is 13.0 Å². The number of hydrogen-bond donors (Lipinski definition) is 2. The van der Waals surface area contributed by atoms with Crippen LogP contribution < -0.4 is 5.32 Å². The molecule has 1 aliphatic rings. The number of nitrogens with one attached hydrogen (secondary N) is 2.